The number of nitrogens with zero attached hydrogens (tertiary/aromatic N) is 1. The van der Waals surface area contributed by atoms with Crippen LogP contribution in [0.3, 0.4) is 0 Å². The molecule has 0 aliphatic rings. The number of hydrogen-bond acceptors (Lipinski definition) is 4. The van der Waals surface area contributed by atoms with Crippen molar-refractivity contribution in [2.75, 3.05) is 5.73 Å². The van der Waals surface area contributed by atoms with Gasteiger partial charge in [0.25, 0.3) is 0 Å². The fourth-order valence-corrected chi connectivity index (χ4v) is 1.97. The lowest BCUT2D eigenvalue weighted by molar-refractivity contribution is 0.124. The minimum Gasteiger partial charge on any atom is -0.470 e. The molecule has 0 amide bonds. The molecule has 1 aromatic heterocycles. The Labute approximate surface area is 131 Å². The highest BCUT2D eigenvalue weighted by molar-refractivity contribution is 9.10. The monoisotopic (exact) mass is 354 g/mol. The molecule has 0 aliphatic carbocycles. The Kier molecular flexibility index (Phi) is 4.37. The van der Waals surface area contributed by atoms with E-state index in [-0.39, 0.29) is 5.82 Å². The highest BCUT2D eigenvalue weighted by Gasteiger charge is 2.16. The van der Waals surface area contributed by atoms with Gasteiger partial charge in [-0.2, -0.15) is 4.98 Å². The number of hydrogen-bond donors (Lipinski definition) is 1. The normalized spacial score (nSPS) is 11.3. The van der Waals surface area contributed by atoms with Gasteiger partial charge in [0, 0.05) is 6.07 Å². The summed E-state index contributed by atoms with van der Waals surface area (Å²) in [5, 5.41) is 0. The molecule has 2 rings (SSSR count). The van der Waals surface area contributed by atoms with Crippen molar-refractivity contribution in [3.63, 3.8) is 0 Å². The summed E-state index contributed by atoms with van der Waals surface area (Å²) in [6.45, 7) is 5.70. The Hall–Kier alpha value is -1.82. The first-order chi connectivity index (χ1) is 9.74. The molecular formula is C15H16BrFN2O2. The van der Waals surface area contributed by atoms with Gasteiger partial charge in [0.1, 0.15) is 17.2 Å². The summed E-state index contributed by atoms with van der Waals surface area (Å²) in [7, 11) is 0. The van der Waals surface area contributed by atoms with E-state index < -0.39 is 5.60 Å². The van der Waals surface area contributed by atoms with Gasteiger partial charge in [0.2, 0.25) is 11.8 Å². The summed E-state index contributed by atoms with van der Waals surface area (Å²) in [5.41, 5.74) is 5.84. The molecule has 4 nitrogen and oxygen atoms in total. The topological polar surface area (TPSA) is 57.4 Å². The highest BCUT2D eigenvalue weighted by Crippen LogP contribution is 2.32. The van der Waals surface area contributed by atoms with Crippen molar-refractivity contribution in [2.24, 2.45) is 0 Å². The van der Waals surface area contributed by atoms with Crippen molar-refractivity contribution in [3.05, 3.63) is 40.6 Å². The van der Waals surface area contributed by atoms with E-state index in [1.165, 1.54) is 18.2 Å². The second kappa shape index (κ2) is 5.89. The second-order valence-electron chi connectivity index (χ2n) is 5.44. The fourth-order valence-electron chi connectivity index (χ4n) is 1.53. The molecule has 6 heteroatoms. The fraction of sp³-hybridized carbons (Fsp3) is 0.267. The van der Waals surface area contributed by atoms with E-state index in [9.17, 15) is 4.39 Å². The summed E-state index contributed by atoms with van der Waals surface area (Å²) in [4.78, 5) is 4.23. The van der Waals surface area contributed by atoms with E-state index in [4.69, 9.17) is 15.2 Å². The third-order valence-corrected chi connectivity index (χ3v) is 3.00. The van der Waals surface area contributed by atoms with E-state index >= 15 is 0 Å². The number of anilines is 1. The zero-order chi connectivity index (χ0) is 15.6. The molecule has 0 radical (unpaired) electrons. The molecule has 2 aromatic rings. The molecule has 21 heavy (non-hydrogen) atoms. The maximum Gasteiger partial charge on any atom is 0.241 e. The van der Waals surface area contributed by atoms with E-state index in [2.05, 4.69) is 20.9 Å². The number of aromatic nitrogens is 1. The predicted molar refractivity (Wildman–Crippen MR) is 83.2 cm³/mol. The van der Waals surface area contributed by atoms with Gasteiger partial charge in [-0.25, -0.2) is 4.39 Å². The minimum absolute atomic E-state index is 0.304. The van der Waals surface area contributed by atoms with Crippen LogP contribution >= 0.6 is 15.9 Å². The summed E-state index contributed by atoms with van der Waals surface area (Å²) >= 11 is 3.24. The molecule has 1 aromatic carbocycles. The van der Waals surface area contributed by atoms with Crippen LogP contribution < -0.4 is 15.2 Å². The molecule has 0 bridgehead atoms. The summed E-state index contributed by atoms with van der Waals surface area (Å²) in [5.74, 6) is 0.723. The van der Waals surface area contributed by atoms with Crippen molar-refractivity contribution in [1.29, 1.82) is 0 Å². The number of rotatable bonds is 3. The lowest BCUT2D eigenvalue weighted by Gasteiger charge is -2.21. The zero-order valence-corrected chi connectivity index (χ0v) is 13.6. The highest BCUT2D eigenvalue weighted by atomic mass is 79.9. The van der Waals surface area contributed by atoms with Crippen molar-refractivity contribution < 1.29 is 13.9 Å². The number of pyridine rings is 1. The third-order valence-electron chi connectivity index (χ3n) is 2.38. The van der Waals surface area contributed by atoms with Crippen LogP contribution in [0.5, 0.6) is 17.5 Å². The number of halogens is 2. The van der Waals surface area contributed by atoms with Crippen molar-refractivity contribution >= 4 is 21.6 Å². The Bertz CT molecular complexity index is 657. The summed E-state index contributed by atoms with van der Waals surface area (Å²) < 4.78 is 24.8. The van der Waals surface area contributed by atoms with Crippen LogP contribution in [0, 0.1) is 5.82 Å². The molecule has 0 fully saturated rings. The minimum atomic E-state index is -0.420. The molecular weight excluding hydrogens is 339 g/mol. The average Bonchev–Trinajstić information content (AvgIpc) is 2.35. The van der Waals surface area contributed by atoms with E-state index in [0.29, 0.717) is 27.7 Å². The van der Waals surface area contributed by atoms with Gasteiger partial charge in [-0.15, -0.1) is 0 Å². The van der Waals surface area contributed by atoms with Crippen molar-refractivity contribution in [1.82, 2.24) is 4.98 Å². The molecule has 0 unspecified atom stereocenters. The summed E-state index contributed by atoms with van der Waals surface area (Å²) in [6, 6.07) is 7.42. The largest absolute Gasteiger partial charge is 0.470 e. The molecule has 2 N–H and O–H groups in total. The first kappa shape index (κ1) is 15.6. The van der Waals surface area contributed by atoms with E-state index in [1.807, 2.05) is 20.8 Å². The van der Waals surface area contributed by atoms with Gasteiger partial charge in [-0.05, 0) is 61.0 Å². The quantitative estimate of drug-likeness (QED) is 0.879. The Morgan fingerprint density at radius 3 is 2.52 bits per heavy atom. The van der Waals surface area contributed by atoms with Gasteiger partial charge in [-0.1, -0.05) is 0 Å². The Morgan fingerprint density at radius 2 is 1.90 bits per heavy atom. The first-order valence-corrected chi connectivity index (χ1v) is 7.12. The summed E-state index contributed by atoms with van der Waals surface area (Å²) in [6.07, 6.45) is 0. The van der Waals surface area contributed by atoms with Crippen LogP contribution in [0.15, 0.2) is 34.8 Å². The molecule has 112 valence electrons. The molecule has 0 saturated carbocycles. The molecule has 0 aliphatic heterocycles. The van der Waals surface area contributed by atoms with Crippen LogP contribution in [0.2, 0.25) is 0 Å². The van der Waals surface area contributed by atoms with Gasteiger partial charge >= 0.3 is 0 Å². The van der Waals surface area contributed by atoms with Gasteiger partial charge in [0.15, 0.2) is 0 Å². The van der Waals surface area contributed by atoms with Crippen LogP contribution in [-0.4, -0.2) is 10.6 Å². The van der Waals surface area contributed by atoms with Crippen LogP contribution in [-0.2, 0) is 0 Å². The van der Waals surface area contributed by atoms with Crippen LogP contribution in [0.4, 0.5) is 10.1 Å². The van der Waals surface area contributed by atoms with Crippen molar-refractivity contribution in [2.45, 2.75) is 26.4 Å². The van der Waals surface area contributed by atoms with Crippen LogP contribution in [0.25, 0.3) is 0 Å². The zero-order valence-electron chi connectivity index (χ0n) is 12.0. The number of ether oxygens (including phenoxy) is 2. The van der Waals surface area contributed by atoms with Gasteiger partial charge in [-0.3, -0.25) is 0 Å². The SMILES string of the molecule is CC(C)(C)Oc1nc(Oc2ccc(F)cc2Br)ccc1N. The average molecular weight is 355 g/mol. The Morgan fingerprint density at radius 1 is 1.19 bits per heavy atom. The smallest absolute Gasteiger partial charge is 0.241 e. The molecule has 0 saturated heterocycles. The first-order valence-electron chi connectivity index (χ1n) is 6.33. The van der Waals surface area contributed by atoms with Crippen LogP contribution in [0.1, 0.15) is 20.8 Å². The predicted octanol–water partition coefficient (Wildman–Crippen LogP) is 4.54. The maximum absolute atomic E-state index is 13.1. The number of benzene rings is 1. The van der Waals surface area contributed by atoms with E-state index in [0.717, 1.165) is 0 Å². The third kappa shape index (κ3) is 4.32. The van der Waals surface area contributed by atoms with E-state index in [1.54, 1.807) is 12.1 Å². The lowest BCUT2D eigenvalue weighted by atomic mass is 10.2. The standard InChI is InChI=1S/C15H16BrFN2O2/c1-15(2,3)21-14-11(18)5-7-13(19-14)20-12-6-4-9(17)8-10(12)16/h4-8H,18H2,1-3H3. The van der Waals surface area contributed by atoms with Gasteiger partial charge in [0.05, 0.1) is 10.2 Å². The lowest BCUT2D eigenvalue weighted by Crippen LogP contribution is -2.24. The maximum atomic E-state index is 13.1. The van der Waals surface area contributed by atoms with Gasteiger partial charge < -0.3 is 15.2 Å². The Balaban J connectivity index is 2.26. The second-order valence-corrected chi connectivity index (χ2v) is 6.29. The number of nitrogen functional groups attached to an aromatic ring is 1. The molecule has 0 spiro atoms. The molecule has 1 heterocycles. The molecule has 0 atom stereocenters. The number of nitrogens with two attached hydrogens (primary N) is 1. The van der Waals surface area contributed by atoms with Crippen molar-refractivity contribution in [3.8, 4) is 17.5 Å².